The lowest BCUT2D eigenvalue weighted by molar-refractivity contribution is -0.132. The van der Waals surface area contributed by atoms with Gasteiger partial charge in [-0.05, 0) is 19.8 Å². The Morgan fingerprint density at radius 1 is 1.23 bits per heavy atom. The molecule has 1 aromatic carbocycles. The van der Waals surface area contributed by atoms with Crippen molar-refractivity contribution in [2.75, 3.05) is 6.54 Å². The summed E-state index contributed by atoms with van der Waals surface area (Å²) in [5, 5.41) is 7.93. The maximum atomic E-state index is 12.7. The van der Waals surface area contributed by atoms with Gasteiger partial charge in [-0.3, -0.25) is 4.79 Å². The minimum absolute atomic E-state index is 0.0220. The second-order valence-electron chi connectivity index (χ2n) is 6.49. The third-order valence-corrected chi connectivity index (χ3v) is 4.60. The van der Waals surface area contributed by atoms with Gasteiger partial charge in [-0.15, -0.1) is 0 Å². The van der Waals surface area contributed by atoms with Crippen LogP contribution in [0.1, 0.15) is 42.6 Å². The Labute approximate surface area is 151 Å². The van der Waals surface area contributed by atoms with Gasteiger partial charge in [-0.2, -0.15) is 4.98 Å². The normalized spacial score (nSPS) is 17.0. The van der Waals surface area contributed by atoms with Crippen LogP contribution in [0.4, 0.5) is 0 Å². The Balaban J connectivity index is 1.39. The van der Waals surface area contributed by atoms with Gasteiger partial charge in [-0.1, -0.05) is 40.6 Å². The number of benzene rings is 1. The van der Waals surface area contributed by atoms with E-state index >= 15 is 0 Å². The molecule has 26 heavy (non-hydrogen) atoms. The molecule has 7 nitrogen and oxygen atoms in total. The highest BCUT2D eigenvalue weighted by Crippen LogP contribution is 2.32. The summed E-state index contributed by atoms with van der Waals surface area (Å²) in [6.45, 7) is 2.62. The molecule has 0 radical (unpaired) electrons. The number of carbonyl (C=O) groups excluding carboxylic acids is 1. The van der Waals surface area contributed by atoms with Crippen molar-refractivity contribution < 1.29 is 13.8 Å². The van der Waals surface area contributed by atoms with Crippen LogP contribution in [0.15, 0.2) is 45.4 Å². The first kappa shape index (κ1) is 16.5. The number of aryl methyl sites for hydroxylation is 2. The van der Waals surface area contributed by atoms with Crippen LogP contribution in [0.2, 0.25) is 0 Å². The maximum Gasteiger partial charge on any atom is 0.227 e. The Bertz CT molecular complexity index is 887. The Morgan fingerprint density at radius 3 is 2.85 bits per heavy atom. The van der Waals surface area contributed by atoms with Crippen molar-refractivity contribution in [1.82, 2.24) is 20.2 Å². The van der Waals surface area contributed by atoms with Crippen molar-refractivity contribution in [2.45, 2.75) is 38.6 Å². The van der Waals surface area contributed by atoms with Gasteiger partial charge in [0.25, 0.3) is 0 Å². The number of rotatable bonds is 5. The molecule has 3 heterocycles. The summed E-state index contributed by atoms with van der Waals surface area (Å²) in [6.07, 6.45) is 2.63. The molecule has 0 unspecified atom stereocenters. The summed E-state index contributed by atoms with van der Waals surface area (Å²) < 4.78 is 10.6. The SMILES string of the molecule is Cc1cc([C@@H]2CCCN2C(=O)CCc2nc(-c3ccccc3)no2)on1. The fourth-order valence-electron chi connectivity index (χ4n) is 3.32. The molecular formula is C19H20N4O3. The minimum atomic E-state index is -0.0220. The first-order valence-corrected chi connectivity index (χ1v) is 8.81. The van der Waals surface area contributed by atoms with Crippen molar-refractivity contribution in [2.24, 2.45) is 0 Å². The zero-order valence-electron chi connectivity index (χ0n) is 14.6. The summed E-state index contributed by atoms with van der Waals surface area (Å²) >= 11 is 0. The number of hydrogen-bond acceptors (Lipinski definition) is 6. The van der Waals surface area contributed by atoms with Crippen LogP contribution in [0.5, 0.6) is 0 Å². The van der Waals surface area contributed by atoms with E-state index in [4.69, 9.17) is 9.05 Å². The van der Waals surface area contributed by atoms with Gasteiger partial charge in [0.2, 0.25) is 17.6 Å². The number of nitrogens with zero attached hydrogens (tertiary/aromatic N) is 4. The van der Waals surface area contributed by atoms with E-state index in [0.29, 0.717) is 24.6 Å². The largest absolute Gasteiger partial charge is 0.359 e. The zero-order valence-corrected chi connectivity index (χ0v) is 14.6. The van der Waals surface area contributed by atoms with E-state index in [1.165, 1.54) is 0 Å². The van der Waals surface area contributed by atoms with Crippen LogP contribution in [-0.4, -0.2) is 32.6 Å². The van der Waals surface area contributed by atoms with Gasteiger partial charge in [0.1, 0.15) is 0 Å². The van der Waals surface area contributed by atoms with Crippen LogP contribution in [0, 0.1) is 6.92 Å². The van der Waals surface area contributed by atoms with Crippen molar-refractivity contribution in [3.8, 4) is 11.4 Å². The molecule has 1 amide bonds. The third-order valence-electron chi connectivity index (χ3n) is 4.60. The lowest BCUT2D eigenvalue weighted by atomic mass is 10.1. The van der Waals surface area contributed by atoms with E-state index in [2.05, 4.69) is 15.3 Å². The highest BCUT2D eigenvalue weighted by Gasteiger charge is 2.32. The first-order chi connectivity index (χ1) is 12.7. The lowest BCUT2D eigenvalue weighted by Crippen LogP contribution is -2.30. The zero-order chi connectivity index (χ0) is 17.9. The Kier molecular flexibility index (Phi) is 4.51. The molecule has 134 valence electrons. The number of hydrogen-bond donors (Lipinski definition) is 0. The Morgan fingerprint density at radius 2 is 2.08 bits per heavy atom. The van der Waals surface area contributed by atoms with Crippen molar-refractivity contribution in [3.05, 3.63) is 53.7 Å². The summed E-state index contributed by atoms with van der Waals surface area (Å²) in [5.41, 5.74) is 1.73. The second-order valence-corrected chi connectivity index (χ2v) is 6.49. The molecule has 7 heteroatoms. The molecule has 2 aromatic heterocycles. The van der Waals surface area contributed by atoms with E-state index in [1.54, 1.807) is 0 Å². The van der Waals surface area contributed by atoms with Crippen molar-refractivity contribution in [1.29, 1.82) is 0 Å². The quantitative estimate of drug-likeness (QED) is 0.700. The molecule has 0 bridgehead atoms. The van der Waals surface area contributed by atoms with Crippen LogP contribution >= 0.6 is 0 Å². The summed E-state index contributed by atoms with van der Waals surface area (Å²) in [6, 6.07) is 11.5. The molecule has 1 aliphatic rings. The van der Waals surface area contributed by atoms with Crippen LogP contribution in [-0.2, 0) is 11.2 Å². The fraction of sp³-hybridized carbons (Fsp3) is 0.368. The summed E-state index contributed by atoms with van der Waals surface area (Å²) in [5.74, 6) is 1.85. The molecule has 3 aromatic rings. The topological polar surface area (TPSA) is 85.3 Å². The second kappa shape index (κ2) is 7.11. The molecular weight excluding hydrogens is 332 g/mol. The van der Waals surface area contributed by atoms with Gasteiger partial charge in [-0.25, -0.2) is 0 Å². The highest BCUT2D eigenvalue weighted by molar-refractivity contribution is 5.77. The van der Waals surface area contributed by atoms with Gasteiger partial charge in [0.05, 0.1) is 11.7 Å². The molecule has 0 saturated carbocycles. The average molecular weight is 352 g/mol. The van der Waals surface area contributed by atoms with Crippen molar-refractivity contribution >= 4 is 5.91 Å². The van der Waals surface area contributed by atoms with Gasteiger partial charge >= 0.3 is 0 Å². The van der Waals surface area contributed by atoms with Crippen molar-refractivity contribution in [3.63, 3.8) is 0 Å². The smallest absolute Gasteiger partial charge is 0.227 e. The third kappa shape index (κ3) is 3.37. The van der Waals surface area contributed by atoms with Gasteiger partial charge in [0.15, 0.2) is 5.76 Å². The first-order valence-electron chi connectivity index (χ1n) is 8.81. The minimum Gasteiger partial charge on any atom is -0.359 e. The predicted octanol–water partition coefficient (Wildman–Crippen LogP) is 3.33. The average Bonchev–Trinajstić information content (AvgIpc) is 3.40. The maximum absolute atomic E-state index is 12.7. The predicted molar refractivity (Wildman–Crippen MR) is 93.0 cm³/mol. The van der Waals surface area contributed by atoms with Crippen LogP contribution in [0.25, 0.3) is 11.4 Å². The van der Waals surface area contributed by atoms with E-state index in [-0.39, 0.29) is 11.9 Å². The van der Waals surface area contributed by atoms with E-state index in [0.717, 1.165) is 36.4 Å². The van der Waals surface area contributed by atoms with Gasteiger partial charge < -0.3 is 13.9 Å². The summed E-state index contributed by atoms with van der Waals surface area (Å²) in [4.78, 5) is 18.9. The molecule has 0 N–H and O–H groups in total. The van der Waals surface area contributed by atoms with E-state index in [9.17, 15) is 4.79 Å². The highest BCUT2D eigenvalue weighted by atomic mass is 16.5. The molecule has 1 saturated heterocycles. The van der Waals surface area contributed by atoms with Gasteiger partial charge in [0, 0.05) is 31.0 Å². The summed E-state index contributed by atoms with van der Waals surface area (Å²) in [7, 11) is 0. The molecule has 1 fully saturated rings. The molecule has 0 aliphatic carbocycles. The number of amides is 1. The molecule has 4 rings (SSSR count). The monoisotopic (exact) mass is 352 g/mol. The van der Waals surface area contributed by atoms with Crippen LogP contribution < -0.4 is 0 Å². The fourth-order valence-corrected chi connectivity index (χ4v) is 3.32. The molecule has 1 aliphatic heterocycles. The lowest BCUT2D eigenvalue weighted by Gasteiger charge is -2.22. The number of aromatic nitrogens is 3. The van der Waals surface area contributed by atoms with Crippen LogP contribution in [0.3, 0.4) is 0 Å². The number of carbonyl (C=O) groups is 1. The Hall–Kier alpha value is -2.96. The standard InChI is InChI=1S/C19H20N4O3/c1-13-12-16(25-21-13)15-8-5-11-23(15)18(24)10-9-17-20-19(22-26-17)14-6-3-2-4-7-14/h2-4,6-7,12,15H,5,8-11H2,1H3/t15-/m0/s1. The van der Waals surface area contributed by atoms with E-state index in [1.807, 2.05) is 48.2 Å². The molecule has 1 atom stereocenters. The number of likely N-dealkylation sites (tertiary alicyclic amines) is 1. The molecule has 0 spiro atoms. The van der Waals surface area contributed by atoms with E-state index < -0.39 is 0 Å².